The van der Waals surface area contributed by atoms with Crippen molar-refractivity contribution in [2.75, 3.05) is 19.8 Å². The lowest BCUT2D eigenvalue weighted by Gasteiger charge is -2.46. The van der Waals surface area contributed by atoms with Crippen molar-refractivity contribution in [1.29, 1.82) is 0 Å². The van der Waals surface area contributed by atoms with Gasteiger partial charge in [0.25, 0.3) is 0 Å². The van der Waals surface area contributed by atoms with E-state index in [0.717, 1.165) is 38.5 Å². The molecule has 0 radical (unpaired) electrons. The molecule has 0 aromatic heterocycles. The van der Waals surface area contributed by atoms with Gasteiger partial charge in [-0.1, -0.05) is 161 Å². The van der Waals surface area contributed by atoms with Gasteiger partial charge in [0.05, 0.1) is 32.0 Å². The fourth-order valence-corrected chi connectivity index (χ4v) is 7.82. The van der Waals surface area contributed by atoms with E-state index in [2.05, 4.69) is 19.2 Å². The van der Waals surface area contributed by atoms with Gasteiger partial charge >= 0.3 is 0 Å². The van der Waals surface area contributed by atoms with Crippen LogP contribution in [0.2, 0.25) is 0 Å². The van der Waals surface area contributed by atoms with E-state index in [1.165, 1.54) is 109 Å². The van der Waals surface area contributed by atoms with Crippen molar-refractivity contribution in [3.63, 3.8) is 0 Å². The molecule has 1 amide bonds. The molecule has 2 saturated heterocycles. The molecular weight excluding hydrogens is 762 g/mol. The molecule has 14 nitrogen and oxygen atoms in total. The van der Waals surface area contributed by atoms with E-state index in [9.17, 15) is 45.6 Å². The number of hydrogen-bond donors (Lipinski definition) is 9. The molecule has 4 unspecified atom stereocenters. The van der Waals surface area contributed by atoms with Crippen LogP contribution >= 0.6 is 0 Å². The van der Waals surface area contributed by atoms with Gasteiger partial charge in [0, 0.05) is 6.42 Å². The lowest BCUT2D eigenvalue weighted by atomic mass is 9.97. The van der Waals surface area contributed by atoms with E-state index in [-0.39, 0.29) is 18.9 Å². The zero-order valence-electron chi connectivity index (χ0n) is 36.5. The smallest absolute Gasteiger partial charge is 0.220 e. The number of allylic oxidation sites excluding steroid dienone is 1. The molecule has 0 aromatic carbocycles. The molecule has 2 fully saturated rings. The number of amides is 1. The van der Waals surface area contributed by atoms with E-state index < -0.39 is 86.8 Å². The third-order valence-electron chi connectivity index (χ3n) is 11.7. The largest absolute Gasteiger partial charge is 0.394 e. The van der Waals surface area contributed by atoms with Crippen LogP contribution in [0.25, 0.3) is 0 Å². The minimum absolute atomic E-state index is 0.242. The molecule has 0 saturated carbocycles. The summed E-state index contributed by atoms with van der Waals surface area (Å²) in [6, 6.07) is -0.905. The first-order chi connectivity index (χ1) is 28.6. The van der Waals surface area contributed by atoms with E-state index in [4.69, 9.17) is 18.9 Å². The highest BCUT2D eigenvalue weighted by molar-refractivity contribution is 5.76. The van der Waals surface area contributed by atoms with Gasteiger partial charge in [-0.15, -0.1) is 0 Å². The molecule has 2 aliphatic rings. The number of rotatable bonds is 35. The van der Waals surface area contributed by atoms with Gasteiger partial charge in [-0.3, -0.25) is 4.79 Å². The van der Waals surface area contributed by atoms with Gasteiger partial charge in [-0.25, -0.2) is 0 Å². The first-order valence-electron chi connectivity index (χ1n) is 23.4. The molecule has 2 heterocycles. The van der Waals surface area contributed by atoms with E-state index in [0.29, 0.717) is 6.42 Å². The number of nitrogens with one attached hydrogen (secondary N) is 1. The monoisotopic (exact) mass is 848 g/mol. The summed E-state index contributed by atoms with van der Waals surface area (Å²) >= 11 is 0. The van der Waals surface area contributed by atoms with E-state index >= 15 is 0 Å². The maximum Gasteiger partial charge on any atom is 0.220 e. The Bertz CT molecular complexity index is 1050. The molecule has 14 heteroatoms. The number of carbonyl (C=O) groups is 1. The summed E-state index contributed by atoms with van der Waals surface area (Å²) in [5.74, 6) is -0.242. The Balaban J connectivity index is 1.89. The summed E-state index contributed by atoms with van der Waals surface area (Å²) < 4.78 is 22.6. The highest BCUT2D eigenvalue weighted by atomic mass is 16.7. The van der Waals surface area contributed by atoms with Gasteiger partial charge < -0.3 is 65.1 Å². The van der Waals surface area contributed by atoms with E-state index in [1.54, 1.807) is 6.08 Å². The minimum atomic E-state index is -1.78. The van der Waals surface area contributed by atoms with Crippen molar-refractivity contribution >= 4 is 5.91 Å². The second-order valence-corrected chi connectivity index (χ2v) is 16.9. The Morgan fingerprint density at radius 3 is 1.56 bits per heavy atom. The zero-order chi connectivity index (χ0) is 43.3. The molecule has 0 aliphatic carbocycles. The van der Waals surface area contributed by atoms with Crippen molar-refractivity contribution in [3.05, 3.63) is 12.2 Å². The van der Waals surface area contributed by atoms with Crippen molar-refractivity contribution in [3.8, 4) is 0 Å². The quantitative estimate of drug-likeness (QED) is 0.0308. The highest BCUT2D eigenvalue weighted by Crippen LogP contribution is 2.30. The summed E-state index contributed by atoms with van der Waals surface area (Å²) in [5.41, 5.74) is 0. The molecule has 9 N–H and O–H groups in total. The predicted octanol–water partition coefficient (Wildman–Crippen LogP) is 4.82. The predicted molar refractivity (Wildman–Crippen MR) is 226 cm³/mol. The van der Waals surface area contributed by atoms with Crippen molar-refractivity contribution in [2.24, 2.45) is 0 Å². The molecule has 0 spiro atoms. The maximum atomic E-state index is 13.1. The molecule has 0 aromatic rings. The van der Waals surface area contributed by atoms with Gasteiger partial charge in [-0.2, -0.15) is 0 Å². The van der Waals surface area contributed by atoms with Crippen molar-refractivity contribution in [1.82, 2.24) is 5.32 Å². The van der Waals surface area contributed by atoms with Crippen LogP contribution in [-0.4, -0.2) is 140 Å². The third kappa shape index (κ3) is 21.6. The van der Waals surface area contributed by atoms with Crippen LogP contribution in [0.4, 0.5) is 0 Å². The molecule has 12 atom stereocenters. The van der Waals surface area contributed by atoms with Crippen LogP contribution in [0.1, 0.15) is 174 Å². The zero-order valence-corrected chi connectivity index (χ0v) is 36.5. The minimum Gasteiger partial charge on any atom is -0.394 e. The van der Waals surface area contributed by atoms with Crippen molar-refractivity contribution < 1.29 is 64.6 Å². The number of aliphatic hydroxyl groups is 8. The maximum absolute atomic E-state index is 13.1. The SMILES string of the molecule is CCCCCCCCCCCCCCC/C=C/[C@@H](O)[C@H](CO[C@@H]1O[C@H](CO)[C@@H](O[C@@H]2O[C@H](CO)[C@H](O)C(O)C2O)C(O)C1O)NC(=O)CCCCCCCCCCCC. The summed E-state index contributed by atoms with van der Waals surface area (Å²) in [4.78, 5) is 13.1. The summed E-state index contributed by atoms with van der Waals surface area (Å²) in [7, 11) is 0. The normalized spacial score (nSPS) is 28.6. The average molecular weight is 848 g/mol. The Morgan fingerprint density at radius 2 is 1.05 bits per heavy atom. The Hall–Kier alpha value is -1.27. The number of carbonyl (C=O) groups excluding carboxylic acids is 1. The van der Waals surface area contributed by atoms with Crippen LogP contribution in [0.3, 0.4) is 0 Å². The third-order valence-corrected chi connectivity index (χ3v) is 11.7. The second kappa shape index (κ2) is 33.3. The van der Waals surface area contributed by atoms with Crippen LogP contribution in [0.5, 0.6) is 0 Å². The summed E-state index contributed by atoms with van der Waals surface area (Å²) in [6.45, 7) is 2.75. The number of aliphatic hydroxyl groups excluding tert-OH is 8. The molecule has 2 aliphatic heterocycles. The molecule has 2 rings (SSSR count). The molecule has 0 bridgehead atoms. The summed E-state index contributed by atoms with van der Waals surface area (Å²) in [5, 5.41) is 86.4. The van der Waals surface area contributed by atoms with Gasteiger partial charge in [-0.05, 0) is 19.3 Å². The van der Waals surface area contributed by atoms with E-state index in [1.807, 2.05) is 6.08 Å². The second-order valence-electron chi connectivity index (χ2n) is 16.9. The molecular formula is C45H85NO13. The first-order valence-corrected chi connectivity index (χ1v) is 23.4. The van der Waals surface area contributed by atoms with Gasteiger partial charge in [0.1, 0.15) is 48.8 Å². The fraction of sp³-hybridized carbons (Fsp3) is 0.933. The van der Waals surface area contributed by atoms with Crippen molar-refractivity contribution in [2.45, 2.75) is 248 Å². The van der Waals surface area contributed by atoms with Gasteiger partial charge in [0.2, 0.25) is 5.91 Å². The Morgan fingerprint density at radius 1 is 0.593 bits per heavy atom. The topological polar surface area (TPSA) is 228 Å². The average Bonchev–Trinajstić information content (AvgIpc) is 3.23. The summed E-state index contributed by atoms with van der Waals surface area (Å²) in [6.07, 6.45) is 15.5. The van der Waals surface area contributed by atoms with Crippen LogP contribution < -0.4 is 5.32 Å². The molecule has 59 heavy (non-hydrogen) atoms. The lowest BCUT2D eigenvalue weighted by Crippen LogP contribution is -2.65. The standard InChI is InChI=1S/C45H85NO13/c1-3-5-7-9-11-13-15-16-17-18-19-20-22-24-26-28-34(49)33(46-37(50)29-27-25-23-21-14-12-10-8-6-4-2)32-56-44-42(55)40(53)43(36(31-48)58-44)59-45-41(54)39(52)38(51)35(30-47)57-45/h26,28,33-36,38-45,47-49,51-55H,3-25,27,29-32H2,1-2H3,(H,46,50)/b28-26+/t33-,34+,35+,36+,38-,39?,40?,41?,42?,43+,44+,45-/m0/s1. The lowest BCUT2D eigenvalue weighted by molar-refractivity contribution is -0.359. The number of unbranched alkanes of at least 4 members (excludes halogenated alkanes) is 22. The van der Waals surface area contributed by atoms with Crippen LogP contribution in [0, 0.1) is 0 Å². The fourth-order valence-electron chi connectivity index (χ4n) is 7.82. The Kier molecular flexibility index (Phi) is 30.4. The van der Waals surface area contributed by atoms with Gasteiger partial charge in [0.15, 0.2) is 12.6 Å². The van der Waals surface area contributed by atoms with Crippen LogP contribution in [-0.2, 0) is 23.7 Å². The first kappa shape index (κ1) is 53.9. The Labute approximate surface area is 355 Å². The highest BCUT2D eigenvalue weighted by Gasteiger charge is 2.50. The van der Waals surface area contributed by atoms with Crippen LogP contribution in [0.15, 0.2) is 12.2 Å². The number of ether oxygens (including phenoxy) is 4. The number of hydrogen-bond acceptors (Lipinski definition) is 13. The molecule has 348 valence electrons.